The summed E-state index contributed by atoms with van der Waals surface area (Å²) in [5.74, 6) is 1.10. The number of nitrogens with zero attached hydrogens (tertiary/aromatic N) is 1. The Hall–Kier alpha value is -3.53. The molecule has 0 aliphatic rings. The summed E-state index contributed by atoms with van der Waals surface area (Å²) >= 11 is -2.06. The van der Waals surface area contributed by atoms with Gasteiger partial charge in [0.1, 0.15) is 5.75 Å². The van der Waals surface area contributed by atoms with Gasteiger partial charge in [-0.05, 0) is 40.8 Å². The molecule has 0 amide bonds. The normalized spacial score (nSPS) is 12.5. The molecule has 9 heteroatoms. The summed E-state index contributed by atoms with van der Waals surface area (Å²) in [5, 5.41) is 0.800. The number of pyridine rings is 2. The molecule has 0 aliphatic heterocycles. The van der Waals surface area contributed by atoms with Crippen LogP contribution in [-0.2, 0) is 23.2 Å². The van der Waals surface area contributed by atoms with Crippen LogP contribution in [0.3, 0.4) is 0 Å². The Morgan fingerprint density at radius 2 is 1.72 bits per heavy atom. The van der Waals surface area contributed by atoms with Crippen molar-refractivity contribution in [2.24, 2.45) is 0 Å². The maximum atomic E-state index is 12.9. The minimum absolute atomic E-state index is 0.259. The fourth-order valence-corrected chi connectivity index (χ4v) is 4.45. The van der Waals surface area contributed by atoms with Crippen molar-refractivity contribution in [1.82, 2.24) is 14.7 Å². The maximum Gasteiger partial charge on any atom is 0.258 e. The van der Waals surface area contributed by atoms with E-state index in [1.54, 1.807) is 25.4 Å². The minimum atomic E-state index is -2.06. The number of methoxy groups -OCH3 is 2. The first kappa shape index (κ1) is 25.6. The molecule has 36 heavy (non-hydrogen) atoms. The first-order valence-electron chi connectivity index (χ1n) is 11.3. The average Bonchev–Trinajstić information content (AvgIpc) is 2.86. The van der Waals surface area contributed by atoms with Crippen LogP contribution in [0.15, 0.2) is 59.5 Å². The molecule has 2 aromatic heterocycles. The lowest BCUT2D eigenvalue weighted by molar-refractivity contribution is 0.397. The van der Waals surface area contributed by atoms with Crippen LogP contribution in [0, 0.1) is 0 Å². The highest BCUT2D eigenvalue weighted by Crippen LogP contribution is 2.42. The average molecular weight is 508 g/mol. The lowest BCUT2D eigenvalue weighted by Gasteiger charge is -2.25. The summed E-state index contributed by atoms with van der Waals surface area (Å²) in [5.41, 5.74) is 4.99. The molecular weight excluding hydrogens is 478 g/mol. The van der Waals surface area contributed by atoms with Crippen LogP contribution in [0.2, 0.25) is 0 Å². The first-order chi connectivity index (χ1) is 17.1. The van der Waals surface area contributed by atoms with Gasteiger partial charge in [0.2, 0.25) is 11.3 Å². The van der Waals surface area contributed by atoms with Gasteiger partial charge in [-0.25, -0.2) is 8.93 Å². The van der Waals surface area contributed by atoms with E-state index in [-0.39, 0.29) is 17.5 Å². The van der Waals surface area contributed by atoms with Crippen LogP contribution in [-0.4, -0.2) is 32.9 Å². The number of H-pyrrole nitrogens is 1. The number of rotatable bonds is 7. The highest BCUT2D eigenvalue weighted by Gasteiger charge is 2.25. The molecule has 0 fully saturated rings. The van der Waals surface area contributed by atoms with Crippen LogP contribution < -0.4 is 19.8 Å². The Bertz CT molecular complexity index is 1490. The summed E-state index contributed by atoms with van der Waals surface area (Å²) in [6.07, 6.45) is 1.77. The predicted molar refractivity (Wildman–Crippen MR) is 143 cm³/mol. The molecule has 188 valence electrons. The van der Waals surface area contributed by atoms with Gasteiger partial charge in [0.15, 0.2) is 5.88 Å². The number of fused-ring (bicyclic) bond motifs is 1. The number of aromatic nitrogens is 2. The summed E-state index contributed by atoms with van der Waals surface area (Å²) < 4.78 is 33.4. The minimum Gasteiger partial charge on any atom is -0.496 e. The van der Waals surface area contributed by atoms with E-state index in [9.17, 15) is 9.00 Å². The molecule has 2 heterocycles. The fraction of sp³-hybridized carbons (Fsp3) is 0.259. The van der Waals surface area contributed by atoms with Gasteiger partial charge in [0, 0.05) is 40.4 Å². The van der Waals surface area contributed by atoms with Gasteiger partial charge >= 0.3 is 0 Å². The molecule has 4 rings (SSSR count). The van der Waals surface area contributed by atoms with Crippen molar-refractivity contribution in [2.75, 3.05) is 14.2 Å². The van der Waals surface area contributed by atoms with Gasteiger partial charge in [-0.15, -0.1) is 0 Å². The van der Waals surface area contributed by atoms with Crippen molar-refractivity contribution in [3.8, 4) is 33.9 Å². The Kier molecular flexibility index (Phi) is 7.26. The van der Waals surface area contributed by atoms with Crippen molar-refractivity contribution in [3.05, 3.63) is 76.2 Å². The number of hydrogen-bond acceptors (Lipinski definition) is 5. The Labute approximate surface area is 212 Å². The molecule has 3 N–H and O–H groups in total. The third-order valence-corrected chi connectivity index (χ3v) is 6.40. The van der Waals surface area contributed by atoms with Gasteiger partial charge in [0.25, 0.3) is 5.56 Å². The predicted octanol–water partition coefficient (Wildman–Crippen LogP) is 4.80. The topological polar surface area (TPSA) is 114 Å². The second-order valence-corrected chi connectivity index (χ2v) is 10.2. The second-order valence-electron chi connectivity index (χ2n) is 9.41. The highest BCUT2D eigenvalue weighted by molar-refractivity contribution is 7.77. The van der Waals surface area contributed by atoms with Gasteiger partial charge in [-0.2, -0.15) is 0 Å². The van der Waals surface area contributed by atoms with Crippen LogP contribution in [0.5, 0.6) is 11.6 Å². The van der Waals surface area contributed by atoms with E-state index in [0.29, 0.717) is 28.3 Å². The van der Waals surface area contributed by atoms with Crippen molar-refractivity contribution < 1.29 is 18.2 Å². The molecule has 1 atom stereocenters. The number of hydrogen-bond donors (Lipinski definition) is 3. The van der Waals surface area contributed by atoms with Crippen molar-refractivity contribution in [3.63, 3.8) is 0 Å². The third kappa shape index (κ3) is 5.18. The van der Waals surface area contributed by atoms with Gasteiger partial charge in [-0.3, -0.25) is 19.3 Å². The quantitative estimate of drug-likeness (QED) is 0.310. The van der Waals surface area contributed by atoms with E-state index >= 15 is 0 Å². The molecule has 1 unspecified atom stereocenters. The van der Waals surface area contributed by atoms with Crippen molar-refractivity contribution in [1.29, 1.82) is 0 Å². The first-order valence-corrected chi connectivity index (χ1v) is 12.5. The lowest BCUT2D eigenvalue weighted by Crippen LogP contribution is -2.15. The Morgan fingerprint density at radius 3 is 2.31 bits per heavy atom. The molecule has 0 bridgehead atoms. The molecule has 0 spiro atoms. The number of aromatic amines is 1. The van der Waals surface area contributed by atoms with Gasteiger partial charge in [0.05, 0.1) is 19.7 Å². The molecule has 0 aliphatic carbocycles. The van der Waals surface area contributed by atoms with E-state index in [2.05, 4.69) is 30.5 Å². The zero-order valence-corrected chi connectivity index (χ0v) is 21.7. The molecule has 0 radical (unpaired) electrons. The molecule has 0 saturated carbocycles. The van der Waals surface area contributed by atoms with Crippen LogP contribution >= 0.6 is 0 Å². The summed E-state index contributed by atoms with van der Waals surface area (Å²) in [6.45, 7) is 6.58. The highest BCUT2D eigenvalue weighted by atomic mass is 32.2. The maximum absolute atomic E-state index is 12.9. The van der Waals surface area contributed by atoms with Crippen molar-refractivity contribution in [2.45, 2.75) is 32.7 Å². The number of nitrogens with one attached hydrogen (secondary N) is 2. The lowest BCUT2D eigenvalue weighted by atomic mass is 9.83. The van der Waals surface area contributed by atoms with E-state index in [1.807, 2.05) is 36.4 Å². The van der Waals surface area contributed by atoms with Crippen molar-refractivity contribution >= 4 is 22.2 Å². The van der Waals surface area contributed by atoms with Crippen LogP contribution in [0.25, 0.3) is 33.2 Å². The summed E-state index contributed by atoms with van der Waals surface area (Å²) in [7, 11) is 3.15. The fourth-order valence-electron chi connectivity index (χ4n) is 4.16. The molecule has 4 aromatic rings. The van der Waals surface area contributed by atoms with E-state index in [1.165, 1.54) is 7.11 Å². The SMILES string of the molecule is COc1ccc(-c2cc(C(C)(C)C)c(OC)c3cc(-c4ccc(CNS(=O)O)cc4)cnc23)c(=O)[nH]1. The van der Waals surface area contributed by atoms with Gasteiger partial charge < -0.3 is 9.47 Å². The number of ether oxygens (including phenoxy) is 2. The van der Waals surface area contributed by atoms with Crippen LogP contribution in [0.1, 0.15) is 31.9 Å². The van der Waals surface area contributed by atoms with Gasteiger partial charge in [-0.1, -0.05) is 45.0 Å². The third-order valence-electron chi connectivity index (χ3n) is 6.01. The summed E-state index contributed by atoms with van der Waals surface area (Å²) in [6, 6.07) is 15.1. The smallest absolute Gasteiger partial charge is 0.258 e. The standard InChI is InChI=1S/C27H29N3O5S/c1-27(2,3)22-13-20(19-10-11-23(34-4)30-26(19)31)24-21(25(22)35-5)12-18(15-28-24)17-8-6-16(7-9-17)14-29-36(32)33/h6-13,15,29H,14H2,1-5H3,(H,30,31)(H,32,33). The molecule has 2 aromatic carbocycles. The molecular formula is C27H29N3O5S. The van der Waals surface area contributed by atoms with E-state index in [0.717, 1.165) is 27.6 Å². The number of benzene rings is 2. The van der Waals surface area contributed by atoms with Crippen LogP contribution in [0.4, 0.5) is 0 Å². The Morgan fingerprint density at radius 1 is 1.00 bits per heavy atom. The summed E-state index contributed by atoms with van der Waals surface area (Å²) in [4.78, 5) is 20.5. The largest absolute Gasteiger partial charge is 0.496 e. The zero-order valence-electron chi connectivity index (χ0n) is 20.8. The van der Waals surface area contributed by atoms with E-state index in [4.69, 9.17) is 19.0 Å². The molecule has 8 nitrogen and oxygen atoms in total. The monoisotopic (exact) mass is 507 g/mol. The second kappa shape index (κ2) is 10.2. The molecule has 0 saturated heterocycles. The van der Waals surface area contributed by atoms with E-state index < -0.39 is 11.3 Å². The zero-order chi connectivity index (χ0) is 26.0. The Balaban J connectivity index is 1.91.